The molecular weight excluding hydrogens is 292 g/mol. The predicted molar refractivity (Wildman–Crippen MR) is 96.2 cm³/mol. The van der Waals surface area contributed by atoms with E-state index in [2.05, 4.69) is 30.8 Å². The number of nitrogens with zero attached hydrogens (tertiary/aromatic N) is 6. The van der Waals surface area contributed by atoms with Crippen LogP contribution in [0.15, 0.2) is 20.2 Å². The number of hydrogen-bond acceptors (Lipinski definition) is 8. The number of hydrogen-bond donors (Lipinski definition) is 2. The van der Waals surface area contributed by atoms with Gasteiger partial charge in [0.05, 0.1) is 11.9 Å². The van der Waals surface area contributed by atoms with Gasteiger partial charge in [-0.25, -0.2) is 10.0 Å². The largest absolute Gasteiger partial charge is 0.355 e. The molecule has 23 heavy (non-hydrogen) atoms. The molecule has 0 aliphatic carbocycles. The summed E-state index contributed by atoms with van der Waals surface area (Å²) in [7, 11) is 3.79. The molecule has 0 bridgehead atoms. The normalized spacial score (nSPS) is 19.9. The van der Waals surface area contributed by atoms with Crippen molar-refractivity contribution in [3.05, 3.63) is 0 Å². The second kappa shape index (κ2) is 9.12. The monoisotopic (exact) mass is 320 g/mol. The van der Waals surface area contributed by atoms with Crippen molar-refractivity contribution < 1.29 is 0 Å². The van der Waals surface area contributed by atoms with Gasteiger partial charge in [-0.1, -0.05) is 0 Å². The van der Waals surface area contributed by atoms with Crippen LogP contribution in [-0.4, -0.2) is 74.1 Å². The average Bonchev–Trinajstić information content (AvgIpc) is 2.97. The van der Waals surface area contributed by atoms with E-state index in [4.69, 9.17) is 0 Å². The first-order chi connectivity index (χ1) is 11.2. The standard InChI is InChI=1S/C15H28N8/c1-13(21-23(3)15-18-10-6-7-11-19-15)12-20-22(2)14-16-8-4-5-9-17-14/h12H,4-11H2,1-3H3,(H,16,17)(H,18,19)/b20-12+,21-13-. The highest BCUT2D eigenvalue weighted by Gasteiger charge is 2.08. The highest BCUT2D eigenvalue weighted by molar-refractivity contribution is 6.29. The first-order valence-electron chi connectivity index (χ1n) is 8.30. The average molecular weight is 320 g/mol. The van der Waals surface area contributed by atoms with Gasteiger partial charge < -0.3 is 10.6 Å². The topological polar surface area (TPSA) is 80.0 Å². The number of rotatable bonds is 3. The van der Waals surface area contributed by atoms with Crippen molar-refractivity contribution >= 4 is 23.8 Å². The summed E-state index contributed by atoms with van der Waals surface area (Å²) in [6, 6.07) is 0. The second-order valence-electron chi connectivity index (χ2n) is 5.71. The Balaban J connectivity index is 1.92. The van der Waals surface area contributed by atoms with E-state index in [-0.39, 0.29) is 0 Å². The van der Waals surface area contributed by atoms with Crippen molar-refractivity contribution in [2.45, 2.75) is 32.6 Å². The van der Waals surface area contributed by atoms with E-state index in [1.807, 2.05) is 21.0 Å². The molecule has 2 aliphatic rings. The SMILES string of the molecule is CC(/C=N/N(C)C1=NCCCCN1)=N/N(C)C1=NCCCCN1. The molecule has 8 heteroatoms. The summed E-state index contributed by atoms with van der Waals surface area (Å²) in [5.74, 6) is 1.63. The maximum Gasteiger partial charge on any atom is 0.214 e. The zero-order valence-corrected chi connectivity index (χ0v) is 14.4. The fraction of sp³-hybridized carbons (Fsp3) is 0.733. The van der Waals surface area contributed by atoms with Gasteiger partial charge in [0.15, 0.2) is 0 Å². The molecule has 0 aromatic carbocycles. The van der Waals surface area contributed by atoms with E-state index < -0.39 is 0 Å². The Labute approximate surface area is 138 Å². The molecule has 8 nitrogen and oxygen atoms in total. The molecule has 0 unspecified atom stereocenters. The van der Waals surface area contributed by atoms with Crippen LogP contribution in [0.4, 0.5) is 0 Å². The second-order valence-corrected chi connectivity index (χ2v) is 5.71. The smallest absolute Gasteiger partial charge is 0.214 e. The van der Waals surface area contributed by atoms with Gasteiger partial charge in [-0.2, -0.15) is 10.2 Å². The third kappa shape index (κ3) is 5.88. The molecule has 2 heterocycles. The zero-order chi connectivity index (χ0) is 16.5. The van der Waals surface area contributed by atoms with Gasteiger partial charge >= 0.3 is 0 Å². The molecular formula is C15H28N8. The van der Waals surface area contributed by atoms with Crippen LogP contribution in [0.5, 0.6) is 0 Å². The first-order valence-corrected chi connectivity index (χ1v) is 8.30. The minimum absolute atomic E-state index is 0.808. The molecule has 0 amide bonds. The van der Waals surface area contributed by atoms with Crippen LogP contribution in [0.25, 0.3) is 0 Å². The van der Waals surface area contributed by atoms with Crippen LogP contribution < -0.4 is 10.6 Å². The van der Waals surface area contributed by atoms with Crippen molar-refractivity contribution in [2.24, 2.45) is 20.2 Å². The van der Waals surface area contributed by atoms with Gasteiger partial charge in [-0.05, 0) is 32.6 Å². The van der Waals surface area contributed by atoms with Gasteiger partial charge in [-0.15, -0.1) is 0 Å². The molecule has 0 aromatic rings. The fourth-order valence-electron chi connectivity index (χ4n) is 2.32. The lowest BCUT2D eigenvalue weighted by molar-refractivity contribution is 0.515. The maximum absolute atomic E-state index is 4.50. The fourth-order valence-corrected chi connectivity index (χ4v) is 2.32. The maximum atomic E-state index is 4.50. The summed E-state index contributed by atoms with van der Waals surface area (Å²) >= 11 is 0. The summed E-state index contributed by atoms with van der Waals surface area (Å²) in [4.78, 5) is 8.98. The van der Waals surface area contributed by atoms with Crippen molar-refractivity contribution in [1.29, 1.82) is 0 Å². The minimum atomic E-state index is 0.808. The summed E-state index contributed by atoms with van der Waals surface area (Å²) < 4.78 is 0. The molecule has 2 rings (SSSR count). The summed E-state index contributed by atoms with van der Waals surface area (Å²) in [6.07, 6.45) is 6.27. The number of guanidine groups is 2. The molecule has 128 valence electrons. The Bertz CT molecular complexity index is 494. The third-order valence-electron chi connectivity index (χ3n) is 3.60. The lowest BCUT2D eigenvalue weighted by Gasteiger charge is -2.17. The molecule has 0 fully saturated rings. The van der Waals surface area contributed by atoms with Crippen LogP contribution in [0.2, 0.25) is 0 Å². The van der Waals surface area contributed by atoms with Crippen LogP contribution in [-0.2, 0) is 0 Å². The molecule has 0 saturated carbocycles. The van der Waals surface area contributed by atoms with Crippen LogP contribution >= 0.6 is 0 Å². The first kappa shape index (κ1) is 17.2. The number of hydrazone groups is 2. The van der Waals surface area contributed by atoms with Crippen molar-refractivity contribution in [3.8, 4) is 0 Å². The number of nitrogens with one attached hydrogen (secondary N) is 2. The van der Waals surface area contributed by atoms with Gasteiger partial charge in [0.25, 0.3) is 0 Å². The summed E-state index contributed by atoms with van der Waals surface area (Å²) in [6.45, 7) is 5.51. The van der Waals surface area contributed by atoms with E-state index >= 15 is 0 Å². The quantitative estimate of drug-likeness (QED) is 0.592. The van der Waals surface area contributed by atoms with Gasteiger partial charge in [0, 0.05) is 40.3 Å². The Morgan fingerprint density at radius 3 is 2.13 bits per heavy atom. The van der Waals surface area contributed by atoms with Crippen LogP contribution in [0.3, 0.4) is 0 Å². The third-order valence-corrected chi connectivity index (χ3v) is 3.60. The molecule has 0 aromatic heterocycles. The van der Waals surface area contributed by atoms with Crippen molar-refractivity contribution in [1.82, 2.24) is 20.7 Å². The van der Waals surface area contributed by atoms with Gasteiger partial charge in [0.2, 0.25) is 11.9 Å². The van der Waals surface area contributed by atoms with E-state index in [9.17, 15) is 0 Å². The van der Waals surface area contributed by atoms with Gasteiger partial charge in [0.1, 0.15) is 0 Å². The van der Waals surface area contributed by atoms with Crippen LogP contribution in [0.1, 0.15) is 32.6 Å². The van der Waals surface area contributed by atoms with Crippen LogP contribution in [0, 0.1) is 0 Å². The van der Waals surface area contributed by atoms with E-state index in [1.54, 1.807) is 16.2 Å². The summed E-state index contributed by atoms with van der Waals surface area (Å²) in [5.41, 5.74) is 0.808. The van der Waals surface area contributed by atoms with E-state index in [0.717, 1.165) is 69.5 Å². The zero-order valence-electron chi connectivity index (χ0n) is 14.4. The molecule has 2 aliphatic heterocycles. The Morgan fingerprint density at radius 1 is 0.957 bits per heavy atom. The Kier molecular flexibility index (Phi) is 6.83. The summed E-state index contributed by atoms with van der Waals surface area (Å²) in [5, 5.41) is 19.0. The Hall–Kier alpha value is -2.12. The van der Waals surface area contributed by atoms with E-state index in [0.29, 0.717) is 0 Å². The lowest BCUT2D eigenvalue weighted by atomic mass is 10.3. The highest BCUT2D eigenvalue weighted by Crippen LogP contribution is 1.99. The van der Waals surface area contributed by atoms with Crippen molar-refractivity contribution in [3.63, 3.8) is 0 Å². The molecule has 0 saturated heterocycles. The molecule has 2 N–H and O–H groups in total. The van der Waals surface area contributed by atoms with Gasteiger partial charge in [-0.3, -0.25) is 9.98 Å². The number of aliphatic imine (C=N–C) groups is 2. The van der Waals surface area contributed by atoms with E-state index in [1.165, 1.54) is 0 Å². The van der Waals surface area contributed by atoms with Crippen molar-refractivity contribution in [2.75, 3.05) is 40.3 Å². The lowest BCUT2D eigenvalue weighted by Crippen LogP contribution is -2.36. The molecule has 0 spiro atoms. The molecule has 0 atom stereocenters. The molecule has 0 radical (unpaired) electrons. The predicted octanol–water partition coefficient (Wildman–Crippen LogP) is 0.691. The Morgan fingerprint density at radius 2 is 1.52 bits per heavy atom. The minimum Gasteiger partial charge on any atom is -0.355 e. The highest BCUT2D eigenvalue weighted by atomic mass is 15.5.